The molecule has 0 aromatic heterocycles. The summed E-state index contributed by atoms with van der Waals surface area (Å²) in [6.45, 7) is 2.54. The average Bonchev–Trinajstić information content (AvgIpc) is 2.42. The van der Waals surface area contributed by atoms with Gasteiger partial charge in [-0.25, -0.2) is 0 Å². The Hall–Kier alpha value is -1.55. The molecule has 0 heterocycles. The smallest absolute Gasteiger partial charge is 0.307 e. The van der Waals surface area contributed by atoms with Gasteiger partial charge in [-0.05, 0) is 36.5 Å². The third-order valence-corrected chi connectivity index (χ3v) is 3.37. The maximum absolute atomic E-state index is 11.4. The number of carbonyl (C=O) groups is 1. The predicted molar refractivity (Wildman–Crippen MR) is 73.5 cm³/mol. The van der Waals surface area contributed by atoms with Crippen molar-refractivity contribution in [2.75, 3.05) is 20.8 Å². The van der Waals surface area contributed by atoms with Gasteiger partial charge in [0.05, 0.1) is 13.0 Å². The van der Waals surface area contributed by atoms with Gasteiger partial charge in [-0.15, -0.1) is 0 Å². The van der Waals surface area contributed by atoms with Crippen LogP contribution in [0.15, 0.2) is 24.3 Å². The SMILES string of the molecule is COCCC(C)C(Cc1cccc(OC)c1)C(=O)O. The fraction of sp³-hybridized carbons (Fsp3) is 0.533. The normalized spacial score (nSPS) is 13.8. The van der Waals surface area contributed by atoms with Crippen LogP contribution in [0, 0.1) is 11.8 Å². The van der Waals surface area contributed by atoms with Gasteiger partial charge in [0.25, 0.3) is 0 Å². The molecule has 1 N–H and O–H groups in total. The average molecular weight is 266 g/mol. The zero-order chi connectivity index (χ0) is 14.3. The highest BCUT2D eigenvalue weighted by atomic mass is 16.5. The van der Waals surface area contributed by atoms with Crippen LogP contribution in [0.4, 0.5) is 0 Å². The van der Waals surface area contributed by atoms with Crippen molar-refractivity contribution in [1.29, 1.82) is 0 Å². The van der Waals surface area contributed by atoms with E-state index in [1.54, 1.807) is 14.2 Å². The molecule has 0 saturated carbocycles. The fourth-order valence-corrected chi connectivity index (χ4v) is 2.09. The summed E-state index contributed by atoms with van der Waals surface area (Å²) in [7, 11) is 3.24. The third-order valence-electron chi connectivity index (χ3n) is 3.37. The minimum atomic E-state index is -0.758. The van der Waals surface area contributed by atoms with E-state index >= 15 is 0 Å². The van der Waals surface area contributed by atoms with Gasteiger partial charge in [0.2, 0.25) is 0 Å². The molecule has 2 atom stereocenters. The number of ether oxygens (including phenoxy) is 2. The maximum Gasteiger partial charge on any atom is 0.307 e. The molecule has 0 spiro atoms. The van der Waals surface area contributed by atoms with Crippen molar-refractivity contribution in [3.8, 4) is 5.75 Å². The van der Waals surface area contributed by atoms with Crippen LogP contribution in [0.1, 0.15) is 18.9 Å². The maximum atomic E-state index is 11.4. The lowest BCUT2D eigenvalue weighted by Gasteiger charge is -2.20. The lowest BCUT2D eigenvalue weighted by atomic mass is 9.86. The number of carboxylic acids is 1. The standard InChI is InChI=1S/C15H22O4/c1-11(7-8-18-2)14(15(16)17)10-12-5-4-6-13(9-12)19-3/h4-6,9,11,14H,7-8,10H2,1-3H3,(H,16,17). The van der Waals surface area contributed by atoms with E-state index in [0.717, 1.165) is 17.7 Å². The number of rotatable bonds is 8. The Kier molecular flexibility index (Phi) is 6.36. The Balaban J connectivity index is 2.74. The van der Waals surface area contributed by atoms with E-state index in [1.807, 2.05) is 31.2 Å². The largest absolute Gasteiger partial charge is 0.497 e. The van der Waals surface area contributed by atoms with E-state index < -0.39 is 11.9 Å². The number of hydrogen-bond acceptors (Lipinski definition) is 3. The molecule has 0 fully saturated rings. The molecule has 4 nitrogen and oxygen atoms in total. The van der Waals surface area contributed by atoms with Gasteiger partial charge in [0.15, 0.2) is 0 Å². The molecule has 0 amide bonds. The van der Waals surface area contributed by atoms with Gasteiger partial charge in [-0.1, -0.05) is 19.1 Å². The Morgan fingerprint density at radius 1 is 1.37 bits per heavy atom. The van der Waals surface area contributed by atoms with Crippen LogP contribution in [0.25, 0.3) is 0 Å². The van der Waals surface area contributed by atoms with Crippen LogP contribution in [0.2, 0.25) is 0 Å². The van der Waals surface area contributed by atoms with E-state index in [1.165, 1.54) is 0 Å². The first-order chi connectivity index (χ1) is 9.08. The van der Waals surface area contributed by atoms with Crippen LogP contribution in [0.5, 0.6) is 5.75 Å². The topological polar surface area (TPSA) is 55.8 Å². The molecule has 2 unspecified atom stereocenters. The van der Waals surface area contributed by atoms with E-state index in [2.05, 4.69) is 0 Å². The van der Waals surface area contributed by atoms with E-state index in [0.29, 0.717) is 13.0 Å². The molecular weight excluding hydrogens is 244 g/mol. The Morgan fingerprint density at radius 2 is 2.11 bits per heavy atom. The summed E-state index contributed by atoms with van der Waals surface area (Å²) in [6, 6.07) is 7.56. The molecule has 0 aliphatic rings. The highest BCUT2D eigenvalue weighted by Gasteiger charge is 2.24. The molecule has 1 aromatic carbocycles. The van der Waals surface area contributed by atoms with E-state index in [9.17, 15) is 9.90 Å². The summed E-state index contributed by atoms with van der Waals surface area (Å²) in [5.41, 5.74) is 0.982. The van der Waals surface area contributed by atoms with Gasteiger partial charge >= 0.3 is 5.97 Å². The van der Waals surface area contributed by atoms with Gasteiger partial charge < -0.3 is 14.6 Å². The molecule has 0 radical (unpaired) electrons. The second-order valence-electron chi connectivity index (χ2n) is 4.76. The molecule has 0 aliphatic heterocycles. The zero-order valence-electron chi connectivity index (χ0n) is 11.8. The summed E-state index contributed by atoms with van der Waals surface area (Å²) in [6.07, 6.45) is 1.26. The Morgan fingerprint density at radius 3 is 2.68 bits per heavy atom. The first-order valence-corrected chi connectivity index (χ1v) is 6.43. The van der Waals surface area contributed by atoms with E-state index in [-0.39, 0.29) is 5.92 Å². The summed E-state index contributed by atoms with van der Waals surface area (Å²) in [5.74, 6) is -0.330. The van der Waals surface area contributed by atoms with Gasteiger partial charge in [0, 0.05) is 13.7 Å². The molecule has 4 heteroatoms. The molecule has 1 rings (SSSR count). The first-order valence-electron chi connectivity index (χ1n) is 6.43. The van der Waals surface area contributed by atoms with Crippen molar-refractivity contribution < 1.29 is 19.4 Å². The highest BCUT2D eigenvalue weighted by molar-refractivity contribution is 5.70. The number of benzene rings is 1. The quantitative estimate of drug-likeness (QED) is 0.786. The number of hydrogen-bond donors (Lipinski definition) is 1. The zero-order valence-corrected chi connectivity index (χ0v) is 11.8. The van der Waals surface area contributed by atoms with Crippen LogP contribution in [-0.4, -0.2) is 31.9 Å². The predicted octanol–water partition coefficient (Wildman–Crippen LogP) is 2.61. The fourth-order valence-electron chi connectivity index (χ4n) is 2.09. The van der Waals surface area contributed by atoms with E-state index in [4.69, 9.17) is 9.47 Å². The molecule has 0 aliphatic carbocycles. The molecular formula is C15H22O4. The Bertz CT molecular complexity index is 403. The summed E-state index contributed by atoms with van der Waals surface area (Å²) in [4.78, 5) is 11.4. The molecule has 0 bridgehead atoms. The van der Waals surface area contributed by atoms with Crippen molar-refractivity contribution in [3.05, 3.63) is 29.8 Å². The monoisotopic (exact) mass is 266 g/mol. The number of aliphatic carboxylic acids is 1. The summed E-state index contributed by atoms with van der Waals surface area (Å²) in [5, 5.41) is 9.36. The lowest BCUT2D eigenvalue weighted by Crippen LogP contribution is -2.25. The minimum Gasteiger partial charge on any atom is -0.497 e. The van der Waals surface area contributed by atoms with Crippen molar-refractivity contribution in [3.63, 3.8) is 0 Å². The van der Waals surface area contributed by atoms with Crippen LogP contribution in [0.3, 0.4) is 0 Å². The van der Waals surface area contributed by atoms with Crippen LogP contribution < -0.4 is 4.74 Å². The van der Waals surface area contributed by atoms with Crippen molar-refractivity contribution >= 4 is 5.97 Å². The second kappa shape index (κ2) is 7.79. The highest BCUT2D eigenvalue weighted by Crippen LogP contribution is 2.23. The molecule has 106 valence electrons. The van der Waals surface area contributed by atoms with Crippen molar-refractivity contribution in [2.24, 2.45) is 11.8 Å². The lowest BCUT2D eigenvalue weighted by molar-refractivity contribution is -0.143. The van der Waals surface area contributed by atoms with Crippen molar-refractivity contribution in [1.82, 2.24) is 0 Å². The molecule has 1 aromatic rings. The third kappa shape index (κ3) is 4.91. The minimum absolute atomic E-state index is 0.0728. The Labute approximate surface area is 114 Å². The van der Waals surface area contributed by atoms with Gasteiger partial charge in [0.1, 0.15) is 5.75 Å². The number of carboxylic acid groups (broad SMARTS) is 1. The van der Waals surface area contributed by atoms with Crippen molar-refractivity contribution in [2.45, 2.75) is 19.8 Å². The first kappa shape index (κ1) is 15.5. The summed E-state index contributed by atoms with van der Waals surface area (Å²) < 4.78 is 10.2. The second-order valence-corrected chi connectivity index (χ2v) is 4.76. The molecule has 19 heavy (non-hydrogen) atoms. The van der Waals surface area contributed by atoms with Gasteiger partial charge in [-0.2, -0.15) is 0 Å². The van der Waals surface area contributed by atoms with Gasteiger partial charge in [-0.3, -0.25) is 4.79 Å². The number of methoxy groups -OCH3 is 2. The van der Waals surface area contributed by atoms with Crippen LogP contribution in [-0.2, 0) is 16.0 Å². The molecule has 0 saturated heterocycles. The van der Waals surface area contributed by atoms with Crippen LogP contribution >= 0.6 is 0 Å². The summed E-state index contributed by atoms with van der Waals surface area (Å²) >= 11 is 0.